The first-order chi connectivity index (χ1) is 9.72. The van der Waals surface area contributed by atoms with Crippen molar-refractivity contribution in [1.82, 2.24) is 10.2 Å². The molecular formula is C13H23N3O4. The van der Waals surface area contributed by atoms with E-state index in [-0.39, 0.29) is 6.03 Å². The average molecular weight is 285 g/mol. The summed E-state index contributed by atoms with van der Waals surface area (Å²) in [6.45, 7) is 4.64. The molecule has 0 saturated carbocycles. The zero-order valence-electron chi connectivity index (χ0n) is 12.1. The number of ether oxygens (including phenoxy) is 2. The minimum Gasteiger partial charge on any atom is -0.636 e. The van der Waals surface area contributed by atoms with Gasteiger partial charge in [-0.2, -0.15) is 0 Å². The number of allylic oxidation sites excluding steroid dienone is 1. The van der Waals surface area contributed by atoms with Gasteiger partial charge in [0.05, 0.1) is 20.2 Å². The van der Waals surface area contributed by atoms with Gasteiger partial charge in [0.2, 0.25) is 0 Å². The average Bonchev–Trinajstić information content (AvgIpc) is 2.86. The van der Waals surface area contributed by atoms with Gasteiger partial charge in [0.25, 0.3) is 0 Å². The van der Waals surface area contributed by atoms with Crippen LogP contribution in [0, 0.1) is 5.21 Å². The molecule has 0 atom stereocenters. The fraction of sp³-hybridized carbons (Fsp3) is 0.615. The zero-order chi connectivity index (χ0) is 14.8. The van der Waals surface area contributed by atoms with Crippen molar-refractivity contribution in [3.05, 3.63) is 28.9 Å². The predicted octanol–water partition coefficient (Wildman–Crippen LogP) is -0.0864. The summed E-state index contributed by atoms with van der Waals surface area (Å²) in [5.41, 5.74) is 0.867. The smallest absolute Gasteiger partial charge is 0.317 e. The van der Waals surface area contributed by atoms with E-state index >= 15 is 0 Å². The molecule has 1 aliphatic rings. The number of methoxy groups -OCH3 is 1. The van der Waals surface area contributed by atoms with Crippen LogP contribution in [-0.2, 0) is 9.47 Å². The number of urea groups is 1. The highest BCUT2D eigenvalue weighted by Gasteiger charge is 2.19. The van der Waals surface area contributed by atoms with Crippen LogP contribution in [0.15, 0.2) is 23.7 Å². The Morgan fingerprint density at radius 3 is 2.90 bits per heavy atom. The van der Waals surface area contributed by atoms with E-state index in [1.165, 1.54) is 0 Å². The fourth-order valence-electron chi connectivity index (χ4n) is 1.85. The first-order valence-corrected chi connectivity index (χ1v) is 6.73. The SMILES string of the molecule is C/C=C(OCCN1CCNC1=O)\C(=C/CC[NH2+][O-])OC. The second kappa shape index (κ2) is 9.22. The molecule has 1 aliphatic heterocycles. The van der Waals surface area contributed by atoms with E-state index in [9.17, 15) is 10.0 Å². The first-order valence-electron chi connectivity index (χ1n) is 6.73. The van der Waals surface area contributed by atoms with Crippen molar-refractivity contribution in [2.75, 3.05) is 39.9 Å². The van der Waals surface area contributed by atoms with Gasteiger partial charge in [0.1, 0.15) is 6.61 Å². The Hall–Kier alpha value is -1.73. The molecule has 114 valence electrons. The maximum Gasteiger partial charge on any atom is 0.317 e. The summed E-state index contributed by atoms with van der Waals surface area (Å²) in [7, 11) is 1.56. The van der Waals surface area contributed by atoms with Gasteiger partial charge in [-0.3, -0.25) is 0 Å². The molecule has 0 aromatic heterocycles. The maximum absolute atomic E-state index is 11.4. The lowest BCUT2D eigenvalue weighted by Crippen LogP contribution is -2.77. The highest BCUT2D eigenvalue weighted by atomic mass is 16.5. The summed E-state index contributed by atoms with van der Waals surface area (Å²) in [6.07, 6.45) is 4.24. The number of hydrogen-bond donors (Lipinski definition) is 2. The molecule has 0 aromatic rings. The minimum absolute atomic E-state index is 0.0517. The van der Waals surface area contributed by atoms with Gasteiger partial charge in [-0.15, -0.1) is 0 Å². The number of nitrogens with zero attached hydrogens (tertiary/aromatic N) is 1. The summed E-state index contributed by atoms with van der Waals surface area (Å²) < 4.78 is 10.9. The van der Waals surface area contributed by atoms with Gasteiger partial charge in [0, 0.05) is 19.5 Å². The van der Waals surface area contributed by atoms with Crippen LogP contribution >= 0.6 is 0 Å². The third-order valence-corrected chi connectivity index (χ3v) is 2.90. The zero-order valence-corrected chi connectivity index (χ0v) is 12.1. The van der Waals surface area contributed by atoms with Crippen molar-refractivity contribution in [3.63, 3.8) is 0 Å². The van der Waals surface area contributed by atoms with Crippen LogP contribution in [0.4, 0.5) is 4.79 Å². The second-order valence-corrected chi connectivity index (χ2v) is 4.24. The summed E-state index contributed by atoms with van der Waals surface area (Å²) in [5.74, 6) is 1.23. The molecule has 0 unspecified atom stereocenters. The molecule has 0 radical (unpaired) electrons. The Morgan fingerprint density at radius 2 is 2.35 bits per heavy atom. The molecule has 1 heterocycles. The second-order valence-electron chi connectivity index (χ2n) is 4.24. The van der Waals surface area contributed by atoms with Gasteiger partial charge >= 0.3 is 6.03 Å². The molecule has 1 rings (SSSR count). The Labute approximate surface area is 119 Å². The Morgan fingerprint density at radius 1 is 1.55 bits per heavy atom. The predicted molar refractivity (Wildman–Crippen MR) is 74.5 cm³/mol. The van der Waals surface area contributed by atoms with Gasteiger partial charge in [-0.05, 0) is 19.1 Å². The van der Waals surface area contributed by atoms with Gasteiger partial charge < -0.3 is 30.4 Å². The number of amides is 2. The molecule has 20 heavy (non-hydrogen) atoms. The number of rotatable bonds is 9. The van der Waals surface area contributed by atoms with Crippen molar-refractivity contribution in [3.8, 4) is 0 Å². The maximum atomic E-state index is 11.4. The number of hydrogen-bond acceptors (Lipinski definition) is 4. The molecule has 1 saturated heterocycles. The van der Waals surface area contributed by atoms with Crippen LogP contribution in [0.1, 0.15) is 13.3 Å². The van der Waals surface area contributed by atoms with E-state index in [1.54, 1.807) is 18.1 Å². The van der Waals surface area contributed by atoms with Crippen molar-refractivity contribution in [1.29, 1.82) is 0 Å². The lowest BCUT2D eigenvalue weighted by Gasteiger charge is -2.17. The largest absolute Gasteiger partial charge is 0.636 e. The fourth-order valence-corrected chi connectivity index (χ4v) is 1.85. The molecule has 0 aromatic carbocycles. The lowest BCUT2D eigenvalue weighted by atomic mass is 10.3. The molecule has 2 amide bonds. The van der Waals surface area contributed by atoms with Crippen LogP contribution in [0.2, 0.25) is 0 Å². The van der Waals surface area contributed by atoms with E-state index in [1.807, 2.05) is 13.0 Å². The van der Waals surface area contributed by atoms with Crippen LogP contribution in [0.3, 0.4) is 0 Å². The highest BCUT2D eigenvalue weighted by Crippen LogP contribution is 2.13. The Bertz CT molecular complexity index is 369. The topological polar surface area (TPSA) is 90.5 Å². The normalized spacial score (nSPS) is 16.4. The summed E-state index contributed by atoms with van der Waals surface area (Å²) in [6, 6.07) is -0.0517. The number of carbonyl (C=O) groups excluding carboxylic acids is 1. The molecule has 0 spiro atoms. The molecule has 0 bridgehead atoms. The third-order valence-electron chi connectivity index (χ3n) is 2.90. The van der Waals surface area contributed by atoms with Gasteiger partial charge in [0.15, 0.2) is 11.5 Å². The van der Waals surface area contributed by atoms with Crippen molar-refractivity contribution in [2.24, 2.45) is 0 Å². The Balaban J connectivity index is 2.41. The van der Waals surface area contributed by atoms with E-state index < -0.39 is 0 Å². The van der Waals surface area contributed by atoms with Crippen LogP contribution in [-0.4, -0.2) is 50.8 Å². The van der Waals surface area contributed by atoms with Crippen molar-refractivity contribution < 1.29 is 19.7 Å². The summed E-state index contributed by atoms with van der Waals surface area (Å²) in [5, 5.41) is 13.0. The Kier molecular flexibility index (Phi) is 7.52. The van der Waals surface area contributed by atoms with Crippen LogP contribution < -0.4 is 10.8 Å². The first kappa shape index (κ1) is 16.3. The van der Waals surface area contributed by atoms with E-state index in [0.29, 0.717) is 50.7 Å². The van der Waals surface area contributed by atoms with E-state index in [2.05, 4.69) is 5.32 Å². The quantitative estimate of drug-likeness (QED) is 0.268. The number of quaternary nitrogens is 1. The standard InChI is InChI=1S/C13H23N3O4/c1-3-11(12(19-2)5-4-6-15-18)20-10-9-16-8-7-14-13(16)17/h3,5H,4,6-10,15H2,1-2H3,(H,14,17)/b11-3+,12-5+. The molecule has 3 N–H and O–H groups in total. The molecule has 7 heteroatoms. The van der Waals surface area contributed by atoms with Crippen molar-refractivity contribution >= 4 is 6.03 Å². The summed E-state index contributed by atoms with van der Waals surface area (Å²) >= 11 is 0. The number of carbonyl (C=O) groups is 1. The van der Waals surface area contributed by atoms with E-state index in [4.69, 9.17) is 9.47 Å². The number of nitrogens with two attached hydrogens (primary N) is 1. The molecule has 1 fully saturated rings. The number of nitrogens with one attached hydrogen (secondary N) is 1. The monoisotopic (exact) mass is 285 g/mol. The van der Waals surface area contributed by atoms with Gasteiger partial charge in [-0.25, -0.2) is 4.79 Å². The molecule has 0 aliphatic carbocycles. The molecular weight excluding hydrogens is 262 g/mol. The minimum atomic E-state index is -0.0517. The highest BCUT2D eigenvalue weighted by molar-refractivity contribution is 5.76. The number of hydroxylamine groups is 1. The van der Waals surface area contributed by atoms with E-state index in [0.717, 1.165) is 5.48 Å². The van der Waals surface area contributed by atoms with Crippen LogP contribution in [0.25, 0.3) is 0 Å². The van der Waals surface area contributed by atoms with Gasteiger partial charge in [-0.1, -0.05) is 0 Å². The summed E-state index contributed by atoms with van der Waals surface area (Å²) in [4.78, 5) is 13.1. The lowest BCUT2D eigenvalue weighted by molar-refractivity contribution is -0.587. The van der Waals surface area contributed by atoms with Crippen molar-refractivity contribution in [2.45, 2.75) is 13.3 Å². The van der Waals surface area contributed by atoms with Crippen LogP contribution in [0.5, 0.6) is 0 Å². The molecule has 7 nitrogen and oxygen atoms in total. The third kappa shape index (κ3) is 5.10.